The first-order valence-electron chi connectivity index (χ1n) is 8.92. The van der Waals surface area contributed by atoms with Gasteiger partial charge in [0.2, 0.25) is 5.91 Å². The lowest BCUT2D eigenvalue weighted by atomic mass is 9.72. The van der Waals surface area contributed by atoms with E-state index in [4.69, 9.17) is 0 Å². The molecule has 4 nitrogen and oxygen atoms in total. The van der Waals surface area contributed by atoms with Crippen LogP contribution in [0.25, 0.3) is 0 Å². The van der Waals surface area contributed by atoms with Gasteiger partial charge in [0.05, 0.1) is 4.88 Å². The van der Waals surface area contributed by atoms with Gasteiger partial charge < -0.3 is 9.80 Å². The highest BCUT2D eigenvalue weighted by Gasteiger charge is 2.31. The molecule has 1 aliphatic carbocycles. The zero-order valence-corrected chi connectivity index (χ0v) is 16.0. The molecule has 1 aromatic heterocycles. The summed E-state index contributed by atoms with van der Waals surface area (Å²) in [5.74, 6) is 0.938. The minimum absolute atomic E-state index is 0.0990. The predicted molar refractivity (Wildman–Crippen MR) is 97.4 cm³/mol. The molecule has 0 spiro atoms. The van der Waals surface area contributed by atoms with Crippen molar-refractivity contribution in [1.82, 2.24) is 9.80 Å². The lowest BCUT2D eigenvalue weighted by molar-refractivity contribution is -0.130. The maximum atomic E-state index is 12.8. The van der Waals surface area contributed by atoms with Crippen LogP contribution in [0.5, 0.6) is 0 Å². The average molecular weight is 349 g/mol. The summed E-state index contributed by atoms with van der Waals surface area (Å²) in [5.41, 5.74) is 1.71. The molecule has 0 aromatic carbocycles. The molecule has 0 radical (unpaired) electrons. The van der Waals surface area contributed by atoms with Crippen LogP contribution in [0.3, 0.4) is 0 Å². The van der Waals surface area contributed by atoms with Crippen LogP contribution in [0, 0.1) is 11.3 Å². The summed E-state index contributed by atoms with van der Waals surface area (Å²) in [6, 6.07) is 2.14. The van der Waals surface area contributed by atoms with E-state index in [-0.39, 0.29) is 11.8 Å². The first kappa shape index (κ1) is 17.5. The standard InChI is InChI=1S/C19H28N2O2S/c1-13(22)20-7-9-21(10-8-20)18(23)17-12-14-11-15(19(2,3)4)5-6-16(14)24-17/h12,15H,5-11H2,1-4H3. The summed E-state index contributed by atoms with van der Waals surface area (Å²) in [4.78, 5) is 30.2. The molecule has 1 unspecified atom stereocenters. The van der Waals surface area contributed by atoms with Crippen LogP contribution < -0.4 is 0 Å². The third-order valence-corrected chi connectivity index (χ3v) is 6.76. The van der Waals surface area contributed by atoms with Crippen molar-refractivity contribution in [3.05, 3.63) is 21.4 Å². The van der Waals surface area contributed by atoms with Crippen LogP contribution in [0.1, 0.15) is 54.2 Å². The quantitative estimate of drug-likeness (QED) is 0.782. The molecule has 2 amide bonds. The van der Waals surface area contributed by atoms with Gasteiger partial charge in [0.15, 0.2) is 0 Å². The number of amides is 2. The zero-order chi connectivity index (χ0) is 17.5. The predicted octanol–water partition coefficient (Wildman–Crippen LogP) is 3.20. The maximum absolute atomic E-state index is 12.8. The van der Waals surface area contributed by atoms with Crippen molar-refractivity contribution in [3.8, 4) is 0 Å². The van der Waals surface area contributed by atoms with Crippen molar-refractivity contribution >= 4 is 23.2 Å². The molecule has 1 fully saturated rings. The van der Waals surface area contributed by atoms with Gasteiger partial charge >= 0.3 is 0 Å². The van der Waals surface area contributed by atoms with E-state index in [1.807, 2.05) is 9.80 Å². The number of nitrogens with zero attached hydrogens (tertiary/aromatic N) is 2. The van der Waals surface area contributed by atoms with Crippen molar-refractivity contribution in [2.45, 2.75) is 47.0 Å². The van der Waals surface area contributed by atoms with E-state index < -0.39 is 0 Å². The van der Waals surface area contributed by atoms with Gasteiger partial charge in [-0.15, -0.1) is 11.3 Å². The third-order valence-electron chi connectivity index (χ3n) is 5.53. The maximum Gasteiger partial charge on any atom is 0.264 e. The molecule has 132 valence electrons. The van der Waals surface area contributed by atoms with Crippen LogP contribution in [-0.2, 0) is 17.6 Å². The van der Waals surface area contributed by atoms with Gasteiger partial charge in [0.25, 0.3) is 5.91 Å². The van der Waals surface area contributed by atoms with E-state index in [0.29, 0.717) is 37.5 Å². The molecule has 1 atom stereocenters. The number of hydrogen-bond donors (Lipinski definition) is 0. The Morgan fingerprint density at radius 3 is 2.33 bits per heavy atom. The fourth-order valence-corrected chi connectivity index (χ4v) is 4.92. The monoisotopic (exact) mass is 348 g/mol. The Balaban J connectivity index is 1.68. The summed E-state index contributed by atoms with van der Waals surface area (Å²) in [7, 11) is 0. The van der Waals surface area contributed by atoms with Crippen molar-refractivity contribution in [2.75, 3.05) is 26.2 Å². The van der Waals surface area contributed by atoms with E-state index in [1.165, 1.54) is 16.9 Å². The van der Waals surface area contributed by atoms with Crippen LogP contribution in [0.4, 0.5) is 0 Å². The summed E-state index contributed by atoms with van der Waals surface area (Å²) < 4.78 is 0. The second-order valence-corrected chi connectivity index (χ2v) is 9.30. The topological polar surface area (TPSA) is 40.6 Å². The van der Waals surface area contributed by atoms with E-state index in [9.17, 15) is 9.59 Å². The fraction of sp³-hybridized carbons (Fsp3) is 0.684. The van der Waals surface area contributed by atoms with Gasteiger partial charge in [-0.25, -0.2) is 0 Å². The molecule has 2 heterocycles. The Morgan fingerprint density at radius 2 is 1.75 bits per heavy atom. The average Bonchev–Trinajstić information content (AvgIpc) is 2.96. The molecule has 1 aromatic rings. The summed E-state index contributed by atoms with van der Waals surface area (Å²) >= 11 is 1.69. The van der Waals surface area contributed by atoms with Crippen molar-refractivity contribution < 1.29 is 9.59 Å². The van der Waals surface area contributed by atoms with Gasteiger partial charge in [-0.2, -0.15) is 0 Å². The SMILES string of the molecule is CC(=O)N1CCN(C(=O)c2cc3c(s2)CCC(C(C)(C)C)C3)CC1. The van der Waals surface area contributed by atoms with Gasteiger partial charge in [-0.3, -0.25) is 9.59 Å². The Labute approximate surface area is 148 Å². The molecule has 2 aliphatic rings. The lowest BCUT2D eigenvalue weighted by Crippen LogP contribution is -2.49. The highest BCUT2D eigenvalue weighted by Crippen LogP contribution is 2.40. The molecule has 1 aliphatic heterocycles. The molecule has 0 bridgehead atoms. The van der Waals surface area contributed by atoms with Crippen molar-refractivity contribution in [2.24, 2.45) is 11.3 Å². The van der Waals surface area contributed by atoms with Crippen LogP contribution in [-0.4, -0.2) is 47.8 Å². The van der Waals surface area contributed by atoms with E-state index in [0.717, 1.165) is 17.7 Å². The largest absolute Gasteiger partial charge is 0.339 e. The molecular weight excluding hydrogens is 320 g/mol. The van der Waals surface area contributed by atoms with Gasteiger partial charge in [-0.1, -0.05) is 20.8 Å². The van der Waals surface area contributed by atoms with Gasteiger partial charge in [0, 0.05) is 38.0 Å². The number of hydrogen-bond acceptors (Lipinski definition) is 3. The minimum Gasteiger partial charge on any atom is -0.339 e. The van der Waals surface area contributed by atoms with Gasteiger partial charge in [0.1, 0.15) is 0 Å². The smallest absolute Gasteiger partial charge is 0.264 e. The zero-order valence-electron chi connectivity index (χ0n) is 15.2. The summed E-state index contributed by atoms with van der Waals surface area (Å²) in [6.07, 6.45) is 3.43. The molecule has 0 N–H and O–H groups in total. The number of fused-ring (bicyclic) bond motifs is 1. The van der Waals surface area contributed by atoms with Crippen LogP contribution >= 0.6 is 11.3 Å². The number of aryl methyl sites for hydroxylation is 1. The van der Waals surface area contributed by atoms with Crippen LogP contribution in [0.2, 0.25) is 0 Å². The number of rotatable bonds is 1. The second-order valence-electron chi connectivity index (χ2n) is 8.16. The fourth-order valence-electron chi connectivity index (χ4n) is 3.75. The molecule has 1 saturated heterocycles. The highest BCUT2D eigenvalue weighted by atomic mass is 32.1. The second kappa shape index (κ2) is 6.51. The van der Waals surface area contributed by atoms with E-state index in [1.54, 1.807) is 18.3 Å². The Kier molecular flexibility index (Phi) is 4.73. The highest BCUT2D eigenvalue weighted by molar-refractivity contribution is 7.14. The summed E-state index contributed by atoms with van der Waals surface area (Å²) in [6.45, 7) is 11.1. The minimum atomic E-state index is 0.0990. The first-order chi connectivity index (χ1) is 11.3. The molecular formula is C19H28N2O2S. The lowest BCUT2D eigenvalue weighted by Gasteiger charge is -2.34. The molecule has 3 rings (SSSR count). The van der Waals surface area contributed by atoms with E-state index in [2.05, 4.69) is 26.8 Å². The third kappa shape index (κ3) is 3.51. The van der Waals surface area contributed by atoms with Crippen LogP contribution in [0.15, 0.2) is 6.07 Å². The van der Waals surface area contributed by atoms with E-state index >= 15 is 0 Å². The molecule has 0 saturated carbocycles. The number of carbonyl (C=O) groups excluding carboxylic acids is 2. The number of carbonyl (C=O) groups is 2. The first-order valence-corrected chi connectivity index (χ1v) is 9.73. The summed E-state index contributed by atoms with van der Waals surface area (Å²) in [5, 5.41) is 0. The Hall–Kier alpha value is -1.36. The van der Waals surface area contributed by atoms with Crippen molar-refractivity contribution in [1.29, 1.82) is 0 Å². The Bertz CT molecular complexity index is 636. The normalized spacial score (nSPS) is 21.6. The molecule has 5 heteroatoms. The Morgan fingerprint density at radius 1 is 1.12 bits per heavy atom. The van der Waals surface area contributed by atoms with Crippen molar-refractivity contribution in [3.63, 3.8) is 0 Å². The molecule has 24 heavy (non-hydrogen) atoms. The number of thiophene rings is 1. The number of piperazine rings is 1. The van der Waals surface area contributed by atoms with Gasteiger partial charge in [-0.05, 0) is 42.2 Å².